The molecule has 0 aromatic rings. The van der Waals surface area contributed by atoms with Gasteiger partial charge in [0.15, 0.2) is 0 Å². The predicted octanol–water partition coefficient (Wildman–Crippen LogP) is 0.153. The molecule has 1 fully saturated rings. The zero-order valence-electron chi connectivity index (χ0n) is 7.03. The van der Waals surface area contributed by atoms with E-state index in [2.05, 4.69) is 0 Å². The van der Waals surface area contributed by atoms with Gasteiger partial charge in [-0.1, -0.05) is 6.92 Å². The minimum Gasteiger partial charge on any atom is -0.393 e. The van der Waals surface area contributed by atoms with Gasteiger partial charge in [0.2, 0.25) is 0 Å². The van der Waals surface area contributed by atoms with Crippen LogP contribution in [0.3, 0.4) is 0 Å². The van der Waals surface area contributed by atoms with Gasteiger partial charge in [-0.05, 0) is 13.3 Å². The highest BCUT2D eigenvalue weighted by molar-refractivity contribution is 4.81. The molecule has 0 saturated carbocycles. The largest absolute Gasteiger partial charge is 0.393 e. The van der Waals surface area contributed by atoms with E-state index in [9.17, 15) is 5.11 Å². The number of rotatable bonds is 3. The summed E-state index contributed by atoms with van der Waals surface area (Å²) in [7, 11) is 0. The second kappa shape index (κ2) is 3.52. The Hall–Kier alpha value is -0.120. The standard InChI is InChI=1S/C8H16O3/c1-5(6(2)9)8(10)7-3-4-11-7/h5-10H,3-4H2,1-2H3. The molecule has 3 nitrogen and oxygen atoms in total. The average Bonchev–Trinajstić information content (AvgIpc) is 1.82. The van der Waals surface area contributed by atoms with E-state index in [1.165, 1.54) is 0 Å². The van der Waals surface area contributed by atoms with E-state index in [0.29, 0.717) is 0 Å². The molecule has 1 aliphatic rings. The molecular weight excluding hydrogens is 144 g/mol. The van der Waals surface area contributed by atoms with Gasteiger partial charge in [-0.3, -0.25) is 0 Å². The lowest BCUT2D eigenvalue weighted by Crippen LogP contribution is -2.44. The second-order valence-corrected chi connectivity index (χ2v) is 3.29. The third-order valence-electron chi connectivity index (χ3n) is 2.41. The van der Waals surface area contributed by atoms with Crippen molar-refractivity contribution in [2.24, 2.45) is 5.92 Å². The first-order valence-corrected chi connectivity index (χ1v) is 4.10. The molecule has 3 heteroatoms. The lowest BCUT2D eigenvalue weighted by Gasteiger charge is -2.34. The van der Waals surface area contributed by atoms with E-state index in [1.807, 2.05) is 6.92 Å². The molecule has 66 valence electrons. The molecule has 0 aromatic carbocycles. The van der Waals surface area contributed by atoms with Gasteiger partial charge in [0, 0.05) is 12.5 Å². The zero-order chi connectivity index (χ0) is 8.43. The van der Waals surface area contributed by atoms with Crippen LogP contribution in [0.15, 0.2) is 0 Å². The number of ether oxygens (including phenoxy) is 1. The zero-order valence-corrected chi connectivity index (χ0v) is 7.03. The molecule has 0 aliphatic carbocycles. The predicted molar refractivity (Wildman–Crippen MR) is 41.2 cm³/mol. The molecule has 4 unspecified atom stereocenters. The summed E-state index contributed by atoms with van der Waals surface area (Å²) in [6.45, 7) is 4.26. The van der Waals surface area contributed by atoms with Gasteiger partial charge < -0.3 is 14.9 Å². The lowest BCUT2D eigenvalue weighted by molar-refractivity contribution is -0.142. The molecule has 0 radical (unpaired) electrons. The molecule has 1 aliphatic heterocycles. The number of hydrogen-bond acceptors (Lipinski definition) is 3. The van der Waals surface area contributed by atoms with Crippen LogP contribution in [0.1, 0.15) is 20.3 Å². The van der Waals surface area contributed by atoms with Gasteiger partial charge in [0.25, 0.3) is 0 Å². The molecular formula is C8H16O3. The summed E-state index contributed by atoms with van der Waals surface area (Å²) in [5.74, 6) is -0.0969. The van der Waals surface area contributed by atoms with E-state index < -0.39 is 12.2 Å². The first-order chi connectivity index (χ1) is 5.13. The van der Waals surface area contributed by atoms with Crippen molar-refractivity contribution in [2.45, 2.75) is 38.6 Å². The summed E-state index contributed by atoms with van der Waals surface area (Å²) < 4.78 is 5.10. The Labute approximate surface area is 67.0 Å². The molecule has 0 spiro atoms. The van der Waals surface area contributed by atoms with E-state index in [0.717, 1.165) is 13.0 Å². The normalized spacial score (nSPS) is 32.2. The minimum atomic E-state index is -0.510. The van der Waals surface area contributed by atoms with Gasteiger partial charge in [-0.2, -0.15) is 0 Å². The Morgan fingerprint density at radius 2 is 1.91 bits per heavy atom. The van der Waals surface area contributed by atoms with Crippen molar-refractivity contribution in [3.63, 3.8) is 0 Å². The molecule has 11 heavy (non-hydrogen) atoms. The van der Waals surface area contributed by atoms with Gasteiger partial charge in [-0.25, -0.2) is 0 Å². The van der Waals surface area contributed by atoms with Crippen molar-refractivity contribution in [3.05, 3.63) is 0 Å². The molecule has 4 atom stereocenters. The fraction of sp³-hybridized carbons (Fsp3) is 1.00. The van der Waals surface area contributed by atoms with Crippen molar-refractivity contribution in [1.29, 1.82) is 0 Å². The Bertz CT molecular complexity index is 121. The van der Waals surface area contributed by atoms with Gasteiger partial charge in [-0.15, -0.1) is 0 Å². The van der Waals surface area contributed by atoms with Crippen molar-refractivity contribution < 1.29 is 14.9 Å². The summed E-state index contributed by atoms with van der Waals surface area (Å²) in [4.78, 5) is 0. The van der Waals surface area contributed by atoms with Gasteiger partial charge in [0.05, 0.1) is 18.3 Å². The SMILES string of the molecule is CC(O)C(C)C(O)C1CCO1. The van der Waals surface area contributed by atoms with E-state index in [1.54, 1.807) is 6.92 Å². The summed E-state index contributed by atoms with van der Waals surface area (Å²) in [6.07, 6.45) is -0.101. The summed E-state index contributed by atoms with van der Waals surface area (Å²) >= 11 is 0. The molecule has 0 bridgehead atoms. The Morgan fingerprint density at radius 3 is 2.18 bits per heavy atom. The van der Waals surface area contributed by atoms with Crippen molar-refractivity contribution in [1.82, 2.24) is 0 Å². The van der Waals surface area contributed by atoms with Crippen LogP contribution >= 0.6 is 0 Å². The van der Waals surface area contributed by atoms with E-state index >= 15 is 0 Å². The highest BCUT2D eigenvalue weighted by Gasteiger charge is 2.32. The monoisotopic (exact) mass is 160 g/mol. The minimum absolute atomic E-state index is 0.0420. The number of aliphatic hydroxyl groups is 2. The quantitative estimate of drug-likeness (QED) is 0.618. The third-order valence-corrected chi connectivity index (χ3v) is 2.41. The van der Waals surface area contributed by atoms with Crippen LogP contribution in [-0.4, -0.2) is 35.1 Å². The van der Waals surface area contributed by atoms with Crippen LogP contribution < -0.4 is 0 Å². The lowest BCUT2D eigenvalue weighted by atomic mass is 9.92. The van der Waals surface area contributed by atoms with Crippen LogP contribution in [0.4, 0.5) is 0 Å². The fourth-order valence-electron chi connectivity index (χ4n) is 1.15. The van der Waals surface area contributed by atoms with Crippen molar-refractivity contribution >= 4 is 0 Å². The first-order valence-electron chi connectivity index (χ1n) is 4.10. The fourth-order valence-corrected chi connectivity index (χ4v) is 1.15. The Morgan fingerprint density at radius 1 is 1.36 bits per heavy atom. The molecule has 2 N–H and O–H groups in total. The van der Waals surface area contributed by atoms with Gasteiger partial charge in [0.1, 0.15) is 0 Å². The highest BCUT2D eigenvalue weighted by Crippen LogP contribution is 2.22. The smallest absolute Gasteiger partial charge is 0.0859 e. The van der Waals surface area contributed by atoms with Crippen LogP contribution in [0, 0.1) is 5.92 Å². The summed E-state index contributed by atoms with van der Waals surface area (Å²) in [6, 6.07) is 0. The average molecular weight is 160 g/mol. The van der Waals surface area contributed by atoms with E-state index in [-0.39, 0.29) is 12.0 Å². The number of aliphatic hydroxyl groups excluding tert-OH is 2. The maximum absolute atomic E-state index is 9.52. The third kappa shape index (κ3) is 1.92. The molecule has 1 rings (SSSR count). The summed E-state index contributed by atoms with van der Waals surface area (Å²) in [5, 5.41) is 18.7. The highest BCUT2D eigenvalue weighted by atomic mass is 16.5. The Kier molecular flexibility index (Phi) is 2.87. The Balaban J connectivity index is 2.32. The molecule has 1 saturated heterocycles. The van der Waals surface area contributed by atoms with Crippen LogP contribution in [0.25, 0.3) is 0 Å². The number of hydrogen-bond donors (Lipinski definition) is 2. The maximum atomic E-state index is 9.52. The van der Waals surface area contributed by atoms with Crippen LogP contribution in [0.2, 0.25) is 0 Å². The second-order valence-electron chi connectivity index (χ2n) is 3.29. The van der Waals surface area contributed by atoms with Crippen molar-refractivity contribution in [3.8, 4) is 0 Å². The molecule has 0 aromatic heterocycles. The van der Waals surface area contributed by atoms with Crippen molar-refractivity contribution in [2.75, 3.05) is 6.61 Å². The molecule has 0 amide bonds. The van der Waals surface area contributed by atoms with Crippen LogP contribution in [-0.2, 0) is 4.74 Å². The maximum Gasteiger partial charge on any atom is 0.0859 e. The molecule has 1 heterocycles. The summed E-state index contributed by atoms with van der Waals surface area (Å²) in [5.41, 5.74) is 0. The van der Waals surface area contributed by atoms with E-state index in [4.69, 9.17) is 9.84 Å². The topological polar surface area (TPSA) is 49.7 Å². The first kappa shape index (κ1) is 8.97. The van der Waals surface area contributed by atoms with Gasteiger partial charge >= 0.3 is 0 Å². The van der Waals surface area contributed by atoms with Crippen LogP contribution in [0.5, 0.6) is 0 Å².